The summed E-state index contributed by atoms with van der Waals surface area (Å²) in [4.78, 5) is 12.5. The molecule has 7 heteroatoms. The molecule has 0 radical (unpaired) electrons. The minimum atomic E-state index is -3.42. The Balaban J connectivity index is 2.36. The van der Waals surface area contributed by atoms with E-state index in [1.165, 1.54) is 0 Å². The Labute approximate surface area is 95.5 Å². The first kappa shape index (κ1) is 13.4. The lowest BCUT2D eigenvalue weighted by Gasteiger charge is -2.31. The lowest BCUT2D eigenvalue weighted by atomic mass is 9.95. The van der Waals surface area contributed by atoms with Crippen LogP contribution in [0.2, 0.25) is 0 Å². The highest BCUT2D eigenvalue weighted by atomic mass is 32.2. The van der Waals surface area contributed by atoms with E-state index in [4.69, 9.17) is 10.2 Å². The first-order valence-corrected chi connectivity index (χ1v) is 7.03. The molecular weight excluding hydrogens is 232 g/mol. The van der Waals surface area contributed by atoms with Crippen LogP contribution in [0.1, 0.15) is 19.3 Å². The number of sulfonamides is 1. The van der Waals surface area contributed by atoms with Gasteiger partial charge in [-0.1, -0.05) is 0 Å². The molecule has 3 N–H and O–H groups in total. The summed E-state index contributed by atoms with van der Waals surface area (Å²) in [5.41, 5.74) is 0. The first-order valence-electron chi connectivity index (χ1n) is 5.31. The predicted octanol–water partition coefficient (Wildman–Crippen LogP) is -0.538. The number of carboxylic acids is 1. The van der Waals surface area contributed by atoms with Gasteiger partial charge >= 0.3 is 5.97 Å². The minimum absolute atomic E-state index is 0.0627. The zero-order valence-electron chi connectivity index (χ0n) is 9.13. The molecule has 1 aliphatic rings. The fourth-order valence-electron chi connectivity index (χ4n) is 2.02. The monoisotopic (exact) mass is 250 g/mol. The Hall–Kier alpha value is -0.660. The van der Waals surface area contributed by atoms with Gasteiger partial charge in [-0.15, -0.1) is 0 Å². The highest BCUT2D eigenvalue weighted by molar-refractivity contribution is 7.89. The number of carbonyl (C=O) groups is 1. The molecule has 0 spiro atoms. The molecule has 0 amide bonds. The molecular formula is C9H18N2O4S. The molecule has 1 unspecified atom stereocenters. The average molecular weight is 250 g/mol. The molecule has 1 atom stereocenters. The van der Waals surface area contributed by atoms with E-state index in [2.05, 4.69) is 0 Å². The number of hydrogen-bond donors (Lipinski definition) is 2. The summed E-state index contributed by atoms with van der Waals surface area (Å²) in [6.07, 6.45) is 1.98. The molecule has 1 fully saturated rings. The maximum absolute atomic E-state index is 10.8. The maximum Gasteiger partial charge on any atom is 0.303 e. The summed E-state index contributed by atoms with van der Waals surface area (Å²) >= 11 is 0. The smallest absolute Gasteiger partial charge is 0.303 e. The highest BCUT2D eigenvalue weighted by Gasteiger charge is 2.22. The van der Waals surface area contributed by atoms with Crippen molar-refractivity contribution in [1.29, 1.82) is 0 Å². The number of rotatable bonds is 5. The number of nitrogens with zero attached hydrogens (tertiary/aromatic N) is 1. The number of nitrogens with two attached hydrogens (primary N) is 1. The van der Waals surface area contributed by atoms with Gasteiger partial charge in [-0.05, 0) is 25.3 Å². The van der Waals surface area contributed by atoms with E-state index in [1.807, 2.05) is 4.90 Å². The Bertz CT molecular complexity index is 341. The van der Waals surface area contributed by atoms with Crippen LogP contribution in [-0.2, 0) is 14.8 Å². The molecule has 6 nitrogen and oxygen atoms in total. The van der Waals surface area contributed by atoms with Crippen LogP contribution in [0.3, 0.4) is 0 Å². The lowest BCUT2D eigenvalue weighted by Crippen LogP contribution is -2.39. The number of carboxylic acid groups (broad SMARTS) is 1. The van der Waals surface area contributed by atoms with Crippen LogP contribution in [0.4, 0.5) is 0 Å². The molecule has 1 heterocycles. The molecule has 16 heavy (non-hydrogen) atoms. The third-order valence-electron chi connectivity index (χ3n) is 2.76. The molecule has 0 aromatic rings. The number of likely N-dealkylation sites (tertiary alicyclic amines) is 1. The van der Waals surface area contributed by atoms with Crippen molar-refractivity contribution in [3.05, 3.63) is 0 Å². The fraction of sp³-hybridized carbons (Fsp3) is 0.889. The Morgan fingerprint density at radius 3 is 2.75 bits per heavy atom. The standard InChI is InChI=1S/C9H18N2O4S/c10-16(14,15)5-4-11-3-1-2-8(7-11)6-9(12)13/h8H,1-7H2,(H,12,13)(H2,10,14,15). The summed E-state index contributed by atoms with van der Waals surface area (Å²) < 4.78 is 21.6. The number of hydrogen-bond acceptors (Lipinski definition) is 4. The van der Waals surface area contributed by atoms with Gasteiger partial charge in [-0.3, -0.25) is 4.79 Å². The van der Waals surface area contributed by atoms with Gasteiger partial charge in [0.25, 0.3) is 0 Å². The number of piperidine rings is 1. The second kappa shape index (κ2) is 5.60. The minimum Gasteiger partial charge on any atom is -0.481 e. The third kappa shape index (κ3) is 5.43. The van der Waals surface area contributed by atoms with E-state index in [-0.39, 0.29) is 18.1 Å². The number of primary sulfonamides is 1. The van der Waals surface area contributed by atoms with Crippen LogP contribution in [0.15, 0.2) is 0 Å². The molecule has 1 saturated heterocycles. The zero-order chi connectivity index (χ0) is 12.2. The molecule has 94 valence electrons. The summed E-state index contributed by atoms with van der Waals surface area (Å²) in [7, 11) is -3.42. The highest BCUT2D eigenvalue weighted by Crippen LogP contribution is 2.19. The summed E-state index contributed by atoms with van der Waals surface area (Å²) in [5, 5.41) is 13.6. The van der Waals surface area contributed by atoms with Crippen LogP contribution in [-0.4, -0.2) is 49.8 Å². The SMILES string of the molecule is NS(=O)(=O)CCN1CCCC(CC(=O)O)C1. The van der Waals surface area contributed by atoms with Gasteiger partial charge in [0.05, 0.1) is 5.75 Å². The van der Waals surface area contributed by atoms with E-state index in [9.17, 15) is 13.2 Å². The topological polar surface area (TPSA) is 101 Å². The number of aliphatic carboxylic acids is 1. The second-order valence-corrected chi connectivity index (χ2v) is 6.01. The van der Waals surface area contributed by atoms with E-state index in [0.717, 1.165) is 19.4 Å². The van der Waals surface area contributed by atoms with Crippen LogP contribution in [0.5, 0.6) is 0 Å². The lowest BCUT2D eigenvalue weighted by molar-refractivity contribution is -0.138. The normalized spacial score (nSPS) is 23.2. The van der Waals surface area contributed by atoms with Gasteiger partial charge in [0.2, 0.25) is 10.0 Å². The van der Waals surface area contributed by atoms with Crippen molar-refractivity contribution in [3.63, 3.8) is 0 Å². The molecule has 0 aromatic carbocycles. The van der Waals surface area contributed by atoms with E-state index in [0.29, 0.717) is 13.1 Å². The fourth-order valence-corrected chi connectivity index (χ4v) is 2.54. The molecule has 0 saturated carbocycles. The van der Waals surface area contributed by atoms with Crippen LogP contribution >= 0.6 is 0 Å². The maximum atomic E-state index is 10.8. The van der Waals surface area contributed by atoms with Crippen LogP contribution in [0.25, 0.3) is 0 Å². The second-order valence-electron chi connectivity index (χ2n) is 4.27. The summed E-state index contributed by atoms with van der Waals surface area (Å²) in [5.74, 6) is -0.725. The van der Waals surface area contributed by atoms with Crippen molar-refractivity contribution in [3.8, 4) is 0 Å². The molecule has 0 bridgehead atoms. The molecule has 0 aromatic heterocycles. The van der Waals surface area contributed by atoms with Gasteiger partial charge in [0.1, 0.15) is 0 Å². The van der Waals surface area contributed by atoms with Crippen molar-refractivity contribution in [2.75, 3.05) is 25.4 Å². The third-order valence-corrected chi connectivity index (χ3v) is 3.51. The van der Waals surface area contributed by atoms with Crippen LogP contribution < -0.4 is 5.14 Å². The van der Waals surface area contributed by atoms with Gasteiger partial charge in [0.15, 0.2) is 0 Å². The van der Waals surface area contributed by atoms with Crippen molar-refractivity contribution in [2.45, 2.75) is 19.3 Å². The zero-order valence-corrected chi connectivity index (χ0v) is 9.95. The Morgan fingerprint density at radius 2 is 2.19 bits per heavy atom. The van der Waals surface area contributed by atoms with Crippen molar-refractivity contribution in [1.82, 2.24) is 4.90 Å². The average Bonchev–Trinajstić information content (AvgIpc) is 2.13. The van der Waals surface area contributed by atoms with Crippen LogP contribution in [0, 0.1) is 5.92 Å². The molecule has 1 aliphatic heterocycles. The van der Waals surface area contributed by atoms with Gasteiger partial charge in [-0.2, -0.15) is 0 Å². The van der Waals surface area contributed by atoms with E-state index >= 15 is 0 Å². The van der Waals surface area contributed by atoms with Gasteiger partial charge < -0.3 is 10.0 Å². The first-order chi connectivity index (χ1) is 7.37. The molecule has 1 rings (SSSR count). The Morgan fingerprint density at radius 1 is 1.50 bits per heavy atom. The molecule has 0 aliphatic carbocycles. The van der Waals surface area contributed by atoms with Crippen molar-refractivity contribution in [2.24, 2.45) is 11.1 Å². The Kier molecular flexibility index (Phi) is 4.69. The summed E-state index contributed by atoms with van der Waals surface area (Å²) in [6, 6.07) is 0. The predicted molar refractivity (Wildman–Crippen MR) is 59.4 cm³/mol. The van der Waals surface area contributed by atoms with Gasteiger partial charge in [0, 0.05) is 19.5 Å². The van der Waals surface area contributed by atoms with Crippen molar-refractivity contribution >= 4 is 16.0 Å². The quantitative estimate of drug-likeness (QED) is 0.682. The van der Waals surface area contributed by atoms with E-state index in [1.54, 1.807) is 0 Å². The van der Waals surface area contributed by atoms with Gasteiger partial charge in [-0.25, -0.2) is 13.6 Å². The van der Waals surface area contributed by atoms with E-state index < -0.39 is 16.0 Å². The summed E-state index contributed by atoms with van der Waals surface area (Å²) in [6.45, 7) is 1.88. The largest absolute Gasteiger partial charge is 0.481 e. The van der Waals surface area contributed by atoms with Crippen molar-refractivity contribution < 1.29 is 18.3 Å².